The monoisotopic (exact) mass is 235 g/mol. The van der Waals surface area contributed by atoms with Gasteiger partial charge in [-0.1, -0.05) is 30.3 Å². The minimum Gasteiger partial charge on any atom is -0.493 e. The average molecular weight is 235 g/mol. The first-order chi connectivity index (χ1) is 8.27. The normalized spacial score (nSPS) is 27.8. The number of aliphatic hydroxyl groups excluding tert-OH is 1. The van der Waals surface area contributed by atoms with E-state index in [1.165, 1.54) is 6.26 Å². The number of benzene rings is 1. The summed E-state index contributed by atoms with van der Waals surface area (Å²) < 4.78 is 10.8. The highest BCUT2D eigenvalue weighted by Crippen LogP contribution is 2.12. The second kappa shape index (κ2) is 5.82. The van der Waals surface area contributed by atoms with E-state index in [0.717, 1.165) is 5.56 Å². The van der Waals surface area contributed by atoms with Gasteiger partial charge in [-0.3, -0.25) is 0 Å². The summed E-state index contributed by atoms with van der Waals surface area (Å²) in [5.74, 6) is 0. The molecule has 0 aromatic heterocycles. The van der Waals surface area contributed by atoms with Crippen LogP contribution in [0.3, 0.4) is 0 Å². The van der Waals surface area contributed by atoms with Crippen molar-refractivity contribution in [1.82, 2.24) is 0 Å². The Bertz CT molecular complexity index is 366. The summed E-state index contributed by atoms with van der Waals surface area (Å²) in [7, 11) is 0. The van der Waals surface area contributed by atoms with E-state index in [9.17, 15) is 5.11 Å². The molecule has 0 radical (unpaired) electrons. The molecule has 0 saturated carbocycles. The Kier molecular flexibility index (Phi) is 4.14. The number of aliphatic hydroxyl groups is 1. The van der Waals surface area contributed by atoms with Gasteiger partial charge >= 0.3 is 0 Å². The maximum absolute atomic E-state index is 9.75. The summed E-state index contributed by atoms with van der Waals surface area (Å²) in [4.78, 5) is 0. The first kappa shape index (κ1) is 12.1. The van der Waals surface area contributed by atoms with Crippen LogP contribution in [-0.2, 0) is 16.1 Å². The predicted molar refractivity (Wildman–Crippen MR) is 64.1 cm³/mol. The molecule has 17 heavy (non-hydrogen) atoms. The van der Waals surface area contributed by atoms with Crippen molar-refractivity contribution >= 4 is 0 Å². The minimum absolute atomic E-state index is 0.327. The van der Waals surface area contributed by atoms with Gasteiger partial charge in [-0.15, -0.1) is 0 Å². The van der Waals surface area contributed by atoms with E-state index < -0.39 is 12.2 Å². The Hall–Kier alpha value is -1.36. The lowest BCUT2D eigenvalue weighted by molar-refractivity contribution is -0.0616. The molecule has 4 nitrogen and oxygen atoms in total. The molecule has 0 amide bonds. The van der Waals surface area contributed by atoms with Gasteiger partial charge in [0, 0.05) is 0 Å². The number of rotatable bonds is 4. The lowest BCUT2D eigenvalue weighted by Gasteiger charge is -2.28. The molecule has 1 aliphatic heterocycles. The Balaban J connectivity index is 1.77. The van der Waals surface area contributed by atoms with Crippen LogP contribution in [0.15, 0.2) is 42.7 Å². The smallest absolute Gasteiger partial charge is 0.149 e. The molecular weight excluding hydrogens is 218 g/mol. The third-order valence-corrected chi connectivity index (χ3v) is 2.72. The fourth-order valence-corrected chi connectivity index (χ4v) is 1.68. The van der Waals surface area contributed by atoms with Crippen LogP contribution in [0.4, 0.5) is 0 Å². The third kappa shape index (κ3) is 3.30. The topological polar surface area (TPSA) is 64.7 Å². The minimum atomic E-state index is -0.712. The number of nitrogens with two attached hydrogens (primary N) is 1. The Morgan fingerprint density at radius 3 is 2.82 bits per heavy atom. The molecule has 1 aromatic rings. The molecule has 0 bridgehead atoms. The van der Waals surface area contributed by atoms with Crippen molar-refractivity contribution < 1.29 is 14.6 Å². The zero-order valence-corrected chi connectivity index (χ0v) is 9.53. The first-order valence-corrected chi connectivity index (χ1v) is 5.65. The molecule has 1 heterocycles. The average Bonchev–Trinajstić information content (AvgIpc) is 2.36. The third-order valence-electron chi connectivity index (χ3n) is 2.72. The van der Waals surface area contributed by atoms with Gasteiger partial charge in [0.05, 0.1) is 25.5 Å². The Morgan fingerprint density at radius 2 is 2.06 bits per heavy atom. The van der Waals surface area contributed by atoms with E-state index in [1.807, 2.05) is 30.3 Å². The summed E-state index contributed by atoms with van der Waals surface area (Å²) >= 11 is 0. The van der Waals surface area contributed by atoms with Crippen LogP contribution in [0.5, 0.6) is 0 Å². The standard InChI is InChI=1S/C13H17NO3/c14-11-6-7-17-12(13(11)15)9-16-8-10-4-2-1-3-5-10/h1-7,11-13,15H,8-9,14H2/t11-,12+,13+/m0/s1. The summed E-state index contributed by atoms with van der Waals surface area (Å²) in [6, 6.07) is 9.48. The second-order valence-corrected chi connectivity index (χ2v) is 4.07. The molecule has 0 aliphatic carbocycles. The van der Waals surface area contributed by atoms with Gasteiger partial charge in [0.15, 0.2) is 0 Å². The first-order valence-electron chi connectivity index (χ1n) is 5.65. The summed E-state index contributed by atoms with van der Waals surface area (Å²) in [6.45, 7) is 0.834. The van der Waals surface area contributed by atoms with Crippen molar-refractivity contribution in [1.29, 1.82) is 0 Å². The largest absolute Gasteiger partial charge is 0.493 e. The zero-order chi connectivity index (χ0) is 12.1. The molecule has 92 valence electrons. The van der Waals surface area contributed by atoms with Crippen LogP contribution in [0.25, 0.3) is 0 Å². The van der Waals surface area contributed by atoms with E-state index in [1.54, 1.807) is 6.08 Å². The molecule has 0 fully saturated rings. The van der Waals surface area contributed by atoms with E-state index in [-0.39, 0.29) is 6.04 Å². The van der Waals surface area contributed by atoms with Crippen molar-refractivity contribution in [3.05, 3.63) is 48.2 Å². The van der Waals surface area contributed by atoms with E-state index in [2.05, 4.69) is 0 Å². The second-order valence-electron chi connectivity index (χ2n) is 4.07. The van der Waals surface area contributed by atoms with Crippen molar-refractivity contribution in [2.75, 3.05) is 6.61 Å². The van der Waals surface area contributed by atoms with Crippen molar-refractivity contribution in [2.24, 2.45) is 5.73 Å². The Morgan fingerprint density at radius 1 is 1.29 bits per heavy atom. The fraction of sp³-hybridized carbons (Fsp3) is 0.385. The maximum atomic E-state index is 9.75. The molecule has 2 rings (SSSR count). The van der Waals surface area contributed by atoms with Crippen molar-refractivity contribution in [3.8, 4) is 0 Å². The molecule has 0 spiro atoms. The number of hydrogen-bond donors (Lipinski definition) is 2. The van der Waals surface area contributed by atoms with E-state index in [0.29, 0.717) is 13.2 Å². The van der Waals surface area contributed by atoms with Crippen LogP contribution in [-0.4, -0.2) is 30.0 Å². The highest BCUT2D eigenvalue weighted by molar-refractivity contribution is 5.13. The highest BCUT2D eigenvalue weighted by Gasteiger charge is 2.27. The molecule has 3 N–H and O–H groups in total. The van der Waals surface area contributed by atoms with Gasteiger partial charge in [0.1, 0.15) is 12.2 Å². The summed E-state index contributed by atoms with van der Waals surface area (Å²) in [6.07, 6.45) is 2.06. The van der Waals surface area contributed by atoms with Gasteiger partial charge in [0.25, 0.3) is 0 Å². The van der Waals surface area contributed by atoms with Crippen molar-refractivity contribution in [3.63, 3.8) is 0 Å². The fourth-order valence-electron chi connectivity index (χ4n) is 1.68. The molecule has 3 atom stereocenters. The maximum Gasteiger partial charge on any atom is 0.149 e. The molecular formula is C13H17NO3. The quantitative estimate of drug-likeness (QED) is 0.810. The number of hydrogen-bond acceptors (Lipinski definition) is 4. The molecule has 0 unspecified atom stereocenters. The van der Waals surface area contributed by atoms with Crippen LogP contribution >= 0.6 is 0 Å². The van der Waals surface area contributed by atoms with Gasteiger partial charge in [-0.25, -0.2) is 0 Å². The lowest BCUT2D eigenvalue weighted by Crippen LogP contribution is -2.46. The van der Waals surface area contributed by atoms with Gasteiger partial charge in [-0.2, -0.15) is 0 Å². The van der Waals surface area contributed by atoms with Crippen molar-refractivity contribution in [2.45, 2.75) is 24.9 Å². The molecule has 1 aromatic carbocycles. The van der Waals surface area contributed by atoms with Crippen LogP contribution in [0.2, 0.25) is 0 Å². The van der Waals surface area contributed by atoms with Gasteiger partial charge in [0.2, 0.25) is 0 Å². The SMILES string of the molecule is N[C@H]1C=CO[C@H](COCc2ccccc2)[C@@H]1O. The summed E-state index contributed by atoms with van der Waals surface area (Å²) in [5.41, 5.74) is 6.77. The lowest BCUT2D eigenvalue weighted by atomic mass is 10.1. The van der Waals surface area contributed by atoms with E-state index >= 15 is 0 Å². The van der Waals surface area contributed by atoms with Crippen LogP contribution < -0.4 is 5.73 Å². The summed E-state index contributed by atoms with van der Waals surface area (Å²) in [5, 5.41) is 9.75. The Labute approximate surface area is 101 Å². The zero-order valence-electron chi connectivity index (χ0n) is 9.53. The van der Waals surface area contributed by atoms with Crippen LogP contribution in [0.1, 0.15) is 5.56 Å². The van der Waals surface area contributed by atoms with Gasteiger partial charge < -0.3 is 20.3 Å². The predicted octanol–water partition coefficient (Wildman–Crippen LogP) is 0.804. The molecule has 4 heteroatoms. The highest BCUT2D eigenvalue weighted by atomic mass is 16.5. The molecule has 1 aliphatic rings. The number of ether oxygens (including phenoxy) is 2. The molecule has 0 saturated heterocycles. The van der Waals surface area contributed by atoms with Crippen LogP contribution in [0, 0.1) is 0 Å². The van der Waals surface area contributed by atoms with Gasteiger partial charge in [-0.05, 0) is 11.6 Å². The van der Waals surface area contributed by atoms with E-state index in [4.69, 9.17) is 15.2 Å².